The number of nitrogen functional groups attached to an aromatic ring is 1. The second-order valence-corrected chi connectivity index (χ2v) is 12.1. The van der Waals surface area contributed by atoms with Crippen LogP contribution in [0.3, 0.4) is 0 Å². The van der Waals surface area contributed by atoms with Crippen molar-refractivity contribution in [3.63, 3.8) is 0 Å². The molecule has 0 aliphatic rings. The second-order valence-electron chi connectivity index (χ2n) is 10.4. The van der Waals surface area contributed by atoms with Gasteiger partial charge in [0.05, 0.1) is 41.2 Å². The third kappa shape index (κ3) is 6.71. The van der Waals surface area contributed by atoms with Gasteiger partial charge in [0.15, 0.2) is 11.6 Å². The fourth-order valence-electron chi connectivity index (χ4n) is 4.73. The van der Waals surface area contributed by atoms with E-state index in [0.29, 0.717) is 11.3 Å². The van der Waals surface area contributed by atoms with Crippen molar-refractivity contribution < 1.29 is 44.6 Å². The fraction of sp³-hybridized carbons (Fsp3) is 0.0968. The van der Waals surface area contributed by atoms with E-state index in [1.807, 2.05) is 0 Å². The minimum atomic E-state index is -4.45. The van der Waals surface area contributed by atoms with Gasteiger partial charge in [-0.15, -0.1) is 0 Å². The highest BCUT2D eigenvalue weighted by atomic mass is 32.2. The van der Waals surface area contributed by atoms with Gasteiger partial charge in [0, 0.05) is 23.2 Å². The second kappa shape index (κ2) is 12.9. The van der Waals surface area contributed by atoms with Crippen LogP contribution in [0.2, 0.25) is 0 Å². The van der Waals surface area contributed by atoms with E-state index in [1.165, 1.54) is 47.4 Å². The summed E-state index contributed by atoms with van der Waals surface area (Å²) in [6.45, 7) is 0.557. The van der Waals surface area contributed by atoms with Crippen LogP contribution in [0.25, 0.3) is 16.6 Å². The van der Waals surface area contributed by atoms with Crippen LogP contribution < -0.4 is 19.9 Å². The molecule has 0 unspecified atom stereocenters. The molecule has 0 bridgehead atoms. The van der Waals surface area contributed by atoms with E-state index in [-0.39, 0.29) is 45.3 Å². The van der Waals surface area contributed by atoms with Crippen LogP contribution >= 0.6 is 0 Å². The predicted octanol–water partition coefficient (Wildman–Crippen LogP) is 5.92. The SMILES string of the molecule is Cc1cc(Oc2c(F)cccc2F)ncc1-n1ncc(C(=O)c2cc3cc(OCC(F)F)c(NS(=O)(=O)c4cncc(F)c4)cc3[nH]2)c1N. The molecular weight excluding hydrogens is 677 g/mol. The van der Waals surface area contributed by atoms with Crippen LogP contribution in [-0.4, -0.2) is 52.0 Å². The Balaban J connectivity index is 1.29. The lowest BCUT2D eigenvalue weighted by Gasteiger charge is -2.14. The molecule has 252 valence electrons. The van der Waals surface area contributed by atoms with Crippen molar-refractivity contribution in [2.75, 3.05) is 17.1 Å². The van der Waals surface area contributed by atoms with Gasteiger partial charge >= 0.3 is 0 Å². The minimum Gasteiger partial charge on any atom is -0.485 e. The molecule has 18 heteroatoms. The molecule has 2 aromatic carbocycles. The molecule has 4 heterocycles. The number of para-hydroxylation sites is 1. The van der Waals surface area contributed by atoms with Crippen LogP contribution in [0.4, 0.5) is 33.5 Å². The molecule has 0 radical (unpaired) electrons. The van der Waals surface area contributed by atoms with Crippen molar-refractivity contribution in [2.45, 2.75) is 18.2 Å². The Kier molecular flexibility index (Phi) is 8.64. The molecular formula is C31H22F5N7O5S. The van der Waals surface area contributed by atoms with Crippen LogP contribution in [0.1, 0.15) is 21.6 Å². The normalized spacial score (nSPS) is 11.7. The van der Waals surface area contributed by atoms with E-state index in [0.717, 1.165) is 30.6 Å². The van der Waals surface area contributed by atoms with Crippen molar-refractivity contribution in [3.05, 3.63) is 108 Å². The number of hydrogen-bond donors (Lipinski definition) is 3. The first-order chi connectivity index (χ1) is 23.3. The smallest absolute Gasteiger partial charge is 0.272 e. The number of aromatic nitrogens is 5. The lowest BCUT2D eigenvalue weighted by molar-refractivity contribution is 0.0823. The van der Waals surface area contributed by atoms with E-state index < -0.39 is 56.9 Å². The number of halogens is 5. The number of fused-ring (bicyclic) bond motifs is 1. The first-order valence-electron chi connectivity index (χ1n) is 14.0. The molecule has 0 aliphatic carbocycles. The van der Waals surface area contributed by atoms with E-state index >= 15 is 0 Å². The molecule has 0 atom stereocenters. The van der Waals surface area contributed by atoms with Gasteiger partial charge in [-0.25, -0.2) is 40.0 Å². The molecule has 12 nitrogen and oxygen atoms in total. The summed E-state index contributed by atoms with van der Waals surface area (Å²) in [7, 11) is -4.45. The van der Waals surface area contributed by atoms with Crippen LogP contribution in [0.15, 0.2) is 78.2 Å². The number of ether oxygens (including phenoxy) is 2. The van der Waals surface area contributed by atoms with Crippen molar-refractivity contribution in [1.29, 1.82) is 0 Å². The zero-order chi connectivity index (χ0) is 35.0. The Morgan fingerprint density at radius 1 is 1.04 bits per heavy atom. The van der Waals surface area contributed by atoms with Crippen molar-refractivity contribution >= 4 is 38.2 Å². The number of alkyl halides is 2. The van der Waals surface area contributed by atoms with Gasteiger partial charge in [0.2, 0.25) is 17.4 Å². The summed E-state index contributed by atoms with van der Waals surface area (Å²) in [4.78, 5) is 23.5. The summed E-state index contributed by atoms with van der Waals surface area (Å²) < 4.78 is 107. The molecule has 4 aromatic heterocycles. The number of anilines is 2. The lowest BCUT2D eigenvalue weighted by atomic mass is 10.1. The summed E-state index contributed by atoms with van der Waals surface area (Å²) in [6.07, 6.45) is 1.29. The maximum atomic E-state index is 14.0. The summed E-state index contributed by atoms with van der Waals surface area (Å²) in [5.74, 6) is -4.53. The topological polar surface area (TPSA) is 167 Å². The Bertz CT molecular complexity index is 2330. The number of aromatic amines is 1. The maximum absolute atomic E-state index is 14.0. The number of rotatable bonds is 11. The lowest BCUT2D eigenvalue weighted by Crippen LogP contribution is -2.15. The molecule has 0 saturated heterocycles. The Morgan fingerprint density at radius 3 is 2.49 bits per heavy atom. The highest BCUT2D eigenvalue weighted by molar-refractivity contribution is 7.92. The number of H-pyrrole nitrogens is 1. The van der Waals surface area contributed by atoms with E-state index in [2.05, 4.69) is 24.8 Å². The van der Waals surface area contributed by atoms with Gasteiger partial charge < -0.3 is 20.2 Å². The number of carbonyl (C=O) groups excluding carboxylic acids is 1. The largest absolute Gasteiger partial charge is 0.485 e. The third-order valence-electron chi connectivity index (χ3n) is 7.03. The summed E-state index contributed by atoms with van der Waals surface area (Å²) in [5, 5.41) is 4.48. The van der Waals surface area contributed by atoms with Gasteiger partial charge in [-0.05, 0) is 48.9 Å². The number of benzene rings is 2. The molecule has 49 heavy (non-hydrogen) atoms. The van der Waals surface area contributed by atoms with E-state index in [4.69, 9.17) is 15.2 Å². The average Bonchev–Trinajstić information content (AvgIpc) is 3.64. The summed E-state index contributed by atoms with van der Waals surface area (Å²) in [6, 6.07) is 9.20. The molecule has 0 fully saturated rings. The number of nitrogens with zero attached hydrogens (tertiary/aromatic N) is 4. The number of nitrogens with two attached hydrogens (primary N) is 1. The summed E-state index contributed by atoms with van der Waals surface area (Å²) >= 11 is 0. The zero-order valence-corrected chi connectivity index (χ0v) is 25.7. The van der Waals surface area contributed by atoms with Gasteiger partial charge in [-0.3, -0.25) is 14.5 Å². The van der Waals surface area contributed by atoms with Crippen LogP contribution in [0, 0.1) is 24.4 Å². The third-order valence-corrected chi connectivity index (χ3v) is 8.36. The quantitative estimate of drug-likeness (QED) is 0.110. The average molecular weight is 700 g/mol. The first-order valence-corrected chi connectivity index (χ1v) is 15.5. The van der Waals surface area contributed by atoms with Crippen molar-refractivity contribution in [2.24, 2.45) is 0 Å². The number of aryl methyl sites for hydroxylation is 1. The van der Waals surface area contributed by atoms with Crippen LogP contribution in [0.5, 0.6) is 17.4 Å². The molecule has 0 aliphatic heterocycles. The van der Waals surface area contributed by atoms with Gasteiger partial charge in [0.1, 0.15) is 28.9 Å². The maximum Gasteiger partial charge on any atom is 0.272 e. The van der Waals surface area contributed by atoms with Gasteiger partial charge in [-0.2, -0.15) is 5.10 Å². The number of nitrogens with one attached hydrogen (secondary N) is 2. The molecule has 6 rings (SSSR count). The van der Waals surface area contributed by atoms with Gasteiger partial charge in [-0.1, -0.05) is 6.07 Å². The Morgan fingerprint density at radius 2 is 1.80 bits per heavy atom. The van der Waals surface area contributed by atoms with Crippen molar-refractivity contribution in [1.82, 2.24) is 24.7 Å². The number of sulfonamides is 1. The number of pyridine rings is 2. The first kappa shape index (κ1) is 32.9. The number of carbonyl (C=O) groups is 1. The monoisotopic (exact) mass is 699 g/mol. The number of hydrogen-bond acceptors (Lipinski definition) is 9. The summed E-state index contributed by atoms with van der Waals surface area (Å²) in [5.41, 5.74) is 6.94. The highest BCUT2D eigenvalue weighted by Crippen LogP contribution is 2.34. The standard InChI is InChI=1S/C31H22F5N7O5S/c1-15-5-28(48-30-20(33)3-2-4-21(30)34)39-13-25(15)43-31(37)19(12-40-43)29(44)24-6-16-7-26(47-14-27(35)36)23(9-22(16)41-24)42-49(45,46)18-8-17(32)10-38-11-18/h2-13,27,41-42H,14,37H2,1H3. The minimum absolute atomic E-state index is 0.0269. The zero-order valence-electron chi connectivity index (χ0n) is 24.9. The Labute approximate surface area is 273 Å². The van der Waals surface area contributed by atoms with Crippen LogP contribution in [-0.2, 0) is 10.0 Å². The molecule has 0 saturated carbocycles. The fourth-order valence-corrected chi connectivity index (χ4v) is 5.77. The molecule has 6 aromatic rings. The van der Waals surface area contributed by atoms with E-state index in [1.54, 1.807) is 6.92 Å². The molecule has 0 spiro atoms. The highest BCUT2D eigenvalue weighted by Gasteiger charge is 2.24. The molecule has 4 N–H and O–H groups in total. The van der Waals surface area contributed by atoms with Crippen molar-refractivity contribution in [3.8, 4) is 23.1 Å². The predicted molar refractivity (Wildman–Crippen MR) is 165 cm³/mol. The number of ketones is 1. The molecule has 0 amide bonds. The Hall–Kier alpha value is -6.04. The van der Waals surface area contributed by atoms with E-state index in [9.17, 15) is 35.2 Å². The van der Waals surface area contributed by atoms with Gasteiger partial charge in [0.25, 0.3) is 16.4 Å².